The van der Waals surface area contributed by atoms with Crippen molar-refractivity contribution in [3.8, 4) is 0 Å². The van der Waals surface area contributed by atoms with Gasteiger partial charge < -0.3 is 0 Å². The highest BCUT2D eigenvalue weighted by Crippen LogP contribution is 2.22. The number of rotatable bonds is 2. The Balaban J connectivity index is 3.17. The van der Waals surface area contributed by atoms with Crippen molar-refractivity contribution < 1.29 is 4.92 Å². The summed E-state index contributed by atoms with van der Waals surface area (Å²) in [7, 11) is 0. The van der Waals surface area contributed by atoms with Crippen molar-refractivity contribution in [3.05, 3.63) is 32.5 Å². The van der Waals surface area contributed by atoms with Crippen molar-refractivity contribution >= 4 is 21.6 Å². The number of halogens is 1. The van der Waals surface area contributed by atoms with Crippen LogP contribution in [0.5, 0.6) is 0 Å². The number of aryl methyl sites for hydroxylation is 1. The van der Waals surface area contributed by atoms with Crippen LogP contribution >= 0.6 is 15.9 Å². The summed E-state index contributed by atoms with van der Waals surface area (Å²) in [5, 5.41) is 10.4. The van der Waals surface area contributed by atoms with Crippen LogP contribution in [0.25, 0.3) is 0 Å². The van der Waals surface area contributed by atoms with Crippen LogP contribution in [0.15, 0.2) is 16.9 Å². The Morgan fingerprint density at radius 1 is 1.75 bits per heavy atom. The van der Waals surface area contributed by atoms with Gasteiger partial charge in [0.15, 0.2) is 4.60 Å². The molecule has 0 spiro atoms. The van der Waals surface area contributed by atoms with Gasteiger partial charge in [0.2, 0.25) is 0 Å². The van der Waals surface area contributed by atoms with Gasteiger partial charge in [-0.1, -0.05) is 6.92 Å². The molecule has 1 aromatic rings. The number of nitrogens with zero attached hydrogens (tertiary/aromatic N) is 2. The van der Waals surface area contributed by atoms with E-state index in [1.165, 1.54) is 6.07 Å². The van der Waals surface area contributed by atoms with Crippen molar-refractivity contribution in [2.45, 2.75) is 13.3 Å². The third-order valence-electron chi connectivity index (χ3n) is 1.48. The summed E-state index contributed by atoms with van der Waals surface area (Å²) in [5.41, 5.74) is 0.888. The van der Waals surface area contributed by atoms with Gasteiger partial charge in [0.25, 0.3) is 0 Å². The van der Waals surface area contributed by atoms with E-state index in [0.717, 1.165) is 12.0 Å². The van der Waals surface area contributed by atoms with Crippen molar-refractivity contribution in [3.63, 3.8) is 0 Å². The molecular weight excluding hydrogens is 224 g/mol. The lowest BCUT2D eigenvalue weighted by Gasteiger charge is -1.97. The highest BCUT2D eigenvalue weighted by Gasteiger charge is 2.12. The molecule has 1 aromatic heterocycles. The molecule has 4 nitrogen and oxygen atoms in total. The second kappa shape index (κ2) is 3.62. The minimum absolute atomic E-state index is 0.0225. The number of aromatic nitrogens is 1. The van der Waals surface area contributed by atoms with Crippen molar-refractivity contribution in [1.29, 1.82) is 0 Å². The van der Waals surface area contributed by atoms with Crippen LogP contribution < -0.4 is 0 Å². The van der Waals surface area contributed by atoms with Gasteiger partial charge in [0, 0.05) is 12.3 Å². The summed E-state index contributed by atoms with van der Waals surface area (Å²) >= 11 is 3.01. The summed E-state index contributed by atoms with van der Waals surface area (Å²) in [6.45, 7) is 1.93. The molecule has 1 heterocycles. The van der Waals surface area contributed by atoms with Crippen LogP contribution in [-0.2, 0) is 6.42 Å². The highest BCUT2D eigenvalue weighted by atomic mass is 79.9. The third-order valence-corrected chi connectivity index (χ3v) is 2.09. The number of nitro groups is 1. The molecule has 0 aliphatic carbocycles. The molecule has 0 aliphatic heterocycles. The molecule has 5 heteroatoms. The van der Waals surface area contributed by atoms with Gasteiger partial charge in [0.05, 0.1) is 4.92 Å². The molecule has 0 bridgehead atoms. The van der Waals surface area contributed by atoms with Gasteiger partial charge in [0.1, 0.15) is 0 Å². The van der Waals surface area contributed by atoms with E-state index in [1.807, 2.05) is 6.92 Å². The first-order valence-electron chi connectivity index (χ1n) is 3.44. The topological polar surface area (TPSA) is 56.0 Å². The predicted molar refractivity (Wildman–Crippen MR) is 48.0 cm³/mol. The average Bonchev–Trinajstić information content (AvgIpc) is 2.05. The first-order chi connectivity index (χ1) is 5.65. The maximum atomic E-state index is 10.4. The van der Waals surface area contributed by atoms with Crippen molar-refractivity contribution in [2.75, 3.05) is 0 Å². The number of hydrogen-bond acceptors (Lipinski definition) is 3. The molecule has 0 amide bonds. The minimum Gasteiger partial charge on any atom is -0.258 e. The second-order valence-electron chi connectivity index (χ2n) is 2.26. The molecule has 12 heavy (non-hydrogen) atoms. The Bertz CT molecular complexity index is 314. The van der Waals surface area contributed by atoms with Crippen LogP contribution in [0, 0.1) is 10.1 Å². The standard InChI is InChI=1S/C7H7BrN2O2/c1-2-5-3-6(10(11)12)7(8)9-4-5/h3-4H,2H2,1H3. The first-order valence-corrected chi connectivity index (χ1v) is 4.23. The fraction of sp³-hybridized carbons (Fsp3) is 0.286. The Kier molecular flexibility index (Phi) is 2.75. The Hall–Kier alpha value is -0.970. The van der Waals surface area contributed by atoms with Crippen LogP contribution in [0.2, 0.25) is 0 Å². The molecule has 0 N–H and O–H groups in total. The monoisotopic (exact) mass is 230 g/mol. The second-order valence-corrected chi connectivity index (χ2v) is 3.02. The molecule has 1 rings (SSSR count). The van der Waals surface area contributed by atoms with E-state index in [-0.39, 0.29) is 10.3 Å². The van der Waals surface area contributed by atoms with Gasteiger partial charge in [-0.3, -0.25) is 10.1 Å². The zero-order valence-electron chi connectivity index (χ0n) is 6.45. The summed E-state index contributed by atoms with van der Waals surface area (Å²) < 4.78 is 0.282. The van der Waals surface area contributed by atoms with E-state index < -0.39 is 4.92 Å². The SMILES string of the molecule is CCc1cnc(Br)c([N+](=O)[O-])c1. The lowest BCUT2D eigenvalue weighted by atomic mass is 10.2. The first kappa shape index (κ1) is 9.12. The zero-order chi connectivity index (χ0) is 9.14. The van der Waals surface area contributed by atoms with E-state index in [1.54, 1.807) is 6.20 Å². The van der Waals surface area contributed by atoms with E-state index in [2.05, 4.69) is 20.9 Å². The van der Waals surface area contributed by atoms with Gasteiger partial charge in [-0.2, -0.15) is 0 Å². The predicted octanol–water partition coefficient (Wildman–Crippen LogP) is 2.31. The fourth-order valence-electron chi connectivity index (χ4n) is 0.800. The summed E-state index contributed by atoms with van der Waals surface area (Å²) in [4.78, 5) is 13.8. The summed E-state index contributed by atoms with van der Waals surface area (Å²) in [6.07, 6.45) is 2.37. The Morgan fingerprint density at radius 3 is 2.92 bits per heavy atom. The highest BCUT2D eigenvalue weighted by molar-refractivity contribution is 9.10. The molecule has 0 unspecified atom stereocenters. The van der Waals surface area contributed by atoms with Crippen LogP contribution in [-0.4, -0.2) is 9.91 Å². The smallest absolute Gasteiger partial charge is 0.258 e. The Morgan fingerprint density at radius 2 is 2.42 bits per heavy atom. The number of pyridine rings is 1. The summed E-state index contributed by atoms with van der Waals surface area (Å²) in [5.74, 6) is 0. The molecule has 0 aromatic carbocycles. The van der Waals surface area contributed by atoms with Gasteiger partial charge in [-0.05, 0) is 27.9 Å². The maximum Gasteiger partial charge on any atom is 0.302 e. The average molecular weight is 231 g/mol. The molecule has 0 saturated carbocycles. The molecule has 0 atom stereocenters. The lowest BCUT2D eigenvalue weighted by Crippen LogP contribution is -1.93. The molecule has 0 radical (unpaired) electrons. The van der Waals surface area contributed by atoms with Gasteiger partial charge in [-0.25, -0.2) is 4.98 Å². The molecule has 0 fully saturated rings. The van der Waals surface area contributed by atoms with E-state index in [0.29, 0.717) is 0 Å². The normalized spacial score (nSPS) is 9.83. The Labute approximate surface area is 77.9 Å². The number of hydrogen-bond donors (Lipinski definition) is 0. The van der Waals surface area contributed by atoms with Crippen LogP contribution in [0.1, 0.15) is 12.5 Å². The minimum atomic E-state index is -0.448. The molecular formula is C7H7BrN2O2. The van der Waals surface area contributed by atoms with E-state index >= 15 is 0 Å². The van der Waals surface area contributed by atoms with Crippen molar-refractivity contribution in [2.24, 2.45) is 0 Å². The fourth-order valence-corrected chi connectivity index (χ4v) is 1.16. The van der Waals surface area contributed by atoms with E-state index in [9.17, 15) is 10.1 Å². The van der Waals surface area contributed by atoms with Crippen LogP contribution in [0.4, 0.5) is 5.69 Å². The van der Waals surface area contributed by atoms with Gasteiger partial charge >= 0.3 is 5.69 Å². The van der Waals surface area contributed by atoms with Crippen molar-refractivity contribution in [1.82, 2.24) is 4.98 Å². The maximum absolute atomic E-state index is 10.4. The quantitative estimate of drug-likeness (QED) is 0.445. The largest absolute Gasteiger partial charge is 0.302 e. The van der Waals surface area contributed by atoms with E-state index in [4.69, 9.17) is 0 Å². The molecule has 0 aliphatic rings. The molecule has 0 saturated heterocycles. The lowest BCUT2D eigenvalue weighted by molar-refractivity contribution is -0.386. The third kappa shape index (κ3) is 1.79. The van der Waals surface area contributed by atoms with Gasteiger partial charge in [-0.15, -0.1) is 0 Å². The zero-order valence-corrected chi connectivity index (χ0v) is 8.04. The molecule has 64 valence electrons. The summed E-state index contributed by atoms with van der Waals surface area (Å²) in [6, 6.07) is 1.52. The van der Waals surface area contributed by atoms with Crippen LogP contribution in [0.3, 0.4) is 0 Å².